The van der Waals surface area contributed by atoms with Crippen molar-refractivity contribution in [3.05, 3.63) is 30.1 Å². The Morgan fingerprint density at radius 3 is 3.12 bits per heavy atom. The van der Waals surface area contributed by atoms with Crippen LogP contribution in [-0.2, 0) is 6.42 Å². The topological polar surface area (TPSA) is 45.2 Å². The molecule has 3 heteroatoms. The summed E-state index contributed by atoms with van der Waals surface area (Å²) < 4.78 is 0. The fourth-order valence-electron chi connectivity index (χ4n) is 2.44. The Morgan fingerprint density at radius 2 is 2.50 bits per heavy atom. The van der Waals surface area contributed by atoms with E-state index in [0.29, 0.717) is 12.3 Å². The van der Waals surface area contributed by atoms with Crippen molar-refractivity contribution < 1.29 is 5.11 Å². The van der Waals surface area contributed by atoms with Gasteiger partial charge in [-0.25, -0.2) is 0 Å². The largest absolute Gasteiger partial charge is 0.389 e. The van der Waals surface area contributed by atoms with Crippen molar-refractivity contribution in [1.29, 1.82) is 0 Å². The third-order valence-corrected chi connectivity index (χ3v) is 3.46. The van der Waals surface area contributed by atoms with E-state index in [9.17, 15) is 5.11 Å². The lowest BCUT2D eigenvalue weighted by Crippen LogP contribution is -2.45. The molecule has 1 fully saturated rings. The molecule has 16 heavy (non-hydrogen) atoms. The van der Waals surface area contributed by atoms with Crippen LogP contribution in [0, 0.1) is 5.92 Å². The number of rotatable bonds is 3. The third kappa shape index (κ3) is 2.80. The van der Waals surface area contributed by atoms with Crippen LogP contribution in [0.25, 0.3) is 0 Å². The third-order valence-electron chi connectivity index (χ3n) is 3.46. The predicted molar refractivity (Wildman–Crippen MR) is 64.2 cm³/mol. The normalized spacial score (nSPS) is 25.0. The van der Waals surface area contributed by atoms with Gasteiger partial charge >= 0.3 is 0 Å². The number of aliphatic hydroxyl groups is 1. The number of hydrogen-bond donors (Lipinski definition) is 2. The second kappa shape index (κ2) is 4.93. The molecule has 0 bridgehead atoms. The maximum Gasteiger partial charge on any atom is 0.0700 e. The summed E-state index contributed by atoms with van der Waals surface area (Å²) in [6, 6.07) is 3.95. The highest BCUT2D eigenvalue weighted by Gasteiger charge is 2.32. The molecule has 2 N–H and O–H groups in total. The molecule has 1 aromatic heterocycles. The standard InChI is InChI=1S/C13H20N2O/c1-13(16,12-5-3-7-15-10-12)8-11-4-2-6-14-9-11/h2,4,6,9,12,15-16H,3,5,7-8,10H2,1H3. The smallest absolute Gasteiger partial charge is 0.0700 e. The van der Waals surface area contributed by atoms with Gasteiger partial charge in [0.2, 0.25) is 0 Å². The highest BCUT2D eigenvalue weighted by Crippen LogP contribution is 2.27. The van der Waals surface area contributed by atoms with Gasteiger partial charge in [0.05, 0.1) is 5.60 Å². The second-order valence-corrected chi connectivity index (χ2v) is 4.94. The van der Waals surface area contributed by atoms with Gasteiger partial charge < -0.3 is 10.4 Å². The van der Waals surface area contributed by atoms with Crippen molar-refractivity contribution in [2.24, 2.45) is 5.92 Å². The molecule has 0 saturated carbocycles. The molecule has 2 unspecified atom stereocenters. The molecular formula is C13H20N2O. The number of nitrogens with zero attached hydrogens (tertiary/aromatic N) is 1. The molecular weight excluding hydrogens is 200 g/mol. The van der Waals surface area contributed by atoms with E-state index in [-0.39, 0.29) is 0 Å². The average Bonchev–Trinajstić information content (AvgIpc) is 2.31. The summed E-state index contributed by atoms with van der Waals surface area (Å²) in [6.07, 6.45) is 6.56. The van der Waals surface area contributed by atoms with E-state index < -0.39 is 5.60 Å². The summed E-state index contributed by atoms with van der Waals surface area (Å²) in [5.74, 6) is 0.349. The summed E-state index contributed by atoms with van der Waals surface area (Å²) in [5.41, 5.74) is 0.481. The van der Waals surface area contributed by atoms with Gasteiger partial charge in [0.25, 0.3) is 0 Å². The van der Waals surface area contributed by atoms with E-state index in [1.54, 1.807) is 6.20 Å². The van der Waals surface area contributed by atoms with Gasteiger partial charge in [0.1, 0.15) is 0 Å². The van der Waals surface area contributed by atoms with Gasteiger partial charge in [-0.2, -0.15) is 0 Å². The van der Waals surface area contributed by atoms with Gasteiger partial charge in [-0.15, -0.1) is 0 Å². The van der Waals surface area contributed by atoms with Crippen LogP contribution in [0.5, 0.6) is 0 Å². The monoisotopic (exact) mass is 220 g/mol. The van der Waals surface area contributed by atoms with Gasteiger partial charge in [-0.05, 0) is 37.9 Å². The van der Waals surface area contributed by atoms with E-state index in [0.717, 1.165) is 31.5 Å². The number of hydrogen-bond acceptors (Lipinski definition) is 3. The summed E-state index contributed by atoms with van der Waals surface area (Å²) in [7, 11) is 0. The lowest BCUT2D eigenvalue weighted by Gasteiger charge is -2.36. The highest BCUT2D eigenvalue weighted by molar-refractivity contribution is 5.12. The fraction of sp³-hybridized carbons (Fsp3) is 0.615. The molecule has 1 aliphatic rings. The minimum atomic E-state index is -0.629. The minimum absolute atomic E-state index is 0.349. The summed E-state index contributed by atoms with van der Waals surface area (Å²) in [5, 5.41) is 13.9. The Bertz CT molecular complexity index is 318. The second-order valence-electron chi connectivity index (χ2n) is 4.94. The molecule has 0 spiro atoms. The van der Waals surface area contributed by atoms with E-state index in [2.05, 4.69) is 10.3 Å². The summed E-state index contributed by atoms with van der Waals surface area (Å²) >= 11 is 0. The van der Waals surface area contributed by atoms with E-state index in [1.807, 2.05) is 25.3 Å². The van der Waals surface area contributed by atoms with Crippen LogP contribution in [0.2, 0.25) is 0 Å². The fourth-order valence-corrected chi connectivity index (χ4v) is 2.44. The van der Waals surface area contributed by atoms with Crippen LogP contribution in [0.1, 0.15) is 25.3 Å². The molecule has 2 rings (SSSR count). The first-order valence-corrected chi connectivity index (χ1v) is 6.00. The molecule has 1 aliphatic heterocycles. The first kappa shape index (κ1) is 11.6. The summed E-state index contributed by atoms with van der Waals surface area (Å²) in [6.45, 7) is 3.95. The first-order chi connectivity index (χ1) is 7.68. The molecule has 0 aromatic carbocycles. The van der Waals surface area contributed by atoms with Crippen molar-refractivity contribution >= 4 is 0 Å². The van der Waals surface area contributed by atoms with Crippen LogP contribution in [-0.4, -0.2) is 28.8 Å². The van der Waals surface area contributed by atoms with Crippen LogP contribution in [0.3, 0.4) is 0 Å². The highest BCUT2D eigenvalue weighted by atomic mass is 16.3. The maximum absolute atomic E-state index is 10.5. The zero-order chi connectivity index (χ0) is 11.4. The van der Waals surface area contributed by atoms with Crippen molar-refractivity contribution in [3.63, 3.8) is 0 Å². The SMILES string of the molecule is CC(O)(Cc1cccnc1)C1CCCNC1. The molecule has 3 nitrogen and oxygen atoms in total. The Hall–Kier alpha value is -0.930. The zero-order valence-electron chi connectivity index (χ0n) is 9.82. The minimum Gasteiger partial charge on any atom is -0.389 e. The first-order valence-electron chi connectivity index (χ1n) is 6.00. The molecule has 0 amide bonds. The predicted octanol–water partition coefficient (Wildman–Crippen LogP) is 1.37. The molecule has 88 valence electrons. The lowest BCUT2D eigenvalue weighted by molar-refractivity contribution is -0.0102. The van der Waals surface area contributed by atoms with Gasteiger partial charge in [0.15, 0.2) is 0 Å². The number of piperidine rings is 1. The zero-order valence-corrected chi connectivity index (χ0v) is 9.82. The van der Waals surface area contributed by atoms with Crippen LogP contribution in [0.15, 0.2) is 24.5 Å². The lowest BCUT2D eigenvalue weighted by atomic mass is 9.80. The molecule has 0 radical (unpaired) electrons. The number of nitrogens with one attached hydrogen (secondary N) is 1. The van der Waals surface area contributed by atoms with Crippen molar-refractivity contribution in [3.8, 4) is 0 Å². The number of aromatic nitrogens is 1. The van der Waals surface area contributed by atoms with Gasteiger partial charge in [0, 0.05) is 31.3 Å². The van der Waals surface area contributed by atoms with Crippen molar-refractivity contribution in [2.45, 2.75) is 31.8 Å². The van der Waals surface area contributed by atoms with E-state index in [1.165, 1.54) is 0 Å². The quantitative estimate of drug-likeness (QED) is 0.809. The van der Waals surface area contributed by atoms with E-state index >= 15 is 0 Å². The molecule has 1 aromatic rings. The Labute approximate surface area is 96.9 Å². The Morgan fingerprint density at radius 1 is 1.62 bits per heavy atom. The number of pyridine rings is 1. The van der Waals surface area contributed by atoms with Crippen molar-refractivity contribution in [2.75, 3.05) is 13.1 Å². The van der Waals surface area contributed by atoms with Crippen LogP contribution < -0.4 is 5.32 Å². The molecule has 0 aliphatic carbocycles. The maximum atomic E-state index is 10.5. The Kier molecular flexibility index (Phi) is 3.56. The van der Waals surface area contributed by atoms with Gasteiger partial charge in [-0.3, -0.25) is 4.98 Å². The van der Waals surface area contributed by atoms with E-state index in [4.69, 9.17) is 0 Å². The Balaban J connectivity index is 2.01. The molecule has 2 heterocycles. The molecule has 2 atom stereocenters. The van der Waals surface area contributed by atoms with Gasteiger partial charge in [-0.1, -0.05) is 6.07 Å². The van der Waals surface area contributed by atoms with Crippen LogP contribution >= 0.6 is 0 Å². The van der Waals surface area contributed by atoms with Crippen molar-refractivity contribution in [1.82, 2.24) is 10.3 Å². The summed E-state index contributed by atoms with van der Waals surface area (Å²) in [4.78, 5) is 4.09. The van der Waals surface area contributed by atoms with Crippen LogP contribution in [0.4, 0.5) is 0 Å². The average molecular weight is 220 g/mol. The molecule has 1 saturated heterocycles.